The zero-order chi connectivity index (χ0) is 23.5. The standard InChI is InChI=1S/C19H39BN4O6/c1-12(2)15(17(26)23-14(20(28)29-7)10-8-9-11-21)24-16(25)13(3)22-18(27)30-19(4,5)6/h12-15,28H,8-11,21H2,1-7H3,(H,22,27)(H,23,26)(H,24,25)/p+1/t13-,14-,15-/m0/s1. The first kappa shape index (κ1) is 28.2. The number of alkyl carbamates (subject to hydrolysis) is 1. The lowest BCUT2D eigenvalue weighted by molar-refractivity contribution is -0.368. The van der Waals surface area contributed by atoms with Gasteiger partial charge in [-0.25, -0.2) is 4.79 Å². The minimum Gasteiger partial charge on any atom is -0.444 e. The van der Waals surface area contributed by atoms with E-state index in [-0.39, 0.29) is 5.92 Å². The summed E-state index contributed by atoms with van der Waals surface area (Å²) in [4.78, 5) is 37.2. The molecule has 10 nitrogen and oxygen atoms in total. The first-order valence-corrected chi connectivity index (χ1v) is 10.4. The van der Waals surface area contributed by atoms with Crippen molar-refractivity contribution in [2.45, 2.75) is 84.4 Å². The molecular weight excluding hydrogens is 391 g/mol. The molecule has 3 amide bonds. The summed E-state index contributed by atoms with van der Waals surface area (Å²) < 4.78 is 10.1. The second-order valence-electron chi connectivity index (χ2n) is 8.69. The highest BCUT2D eigenvalue weighted by atomic mass is 16.6. The summed E-state index contributed by atoms with van der Waals surface area (Å²) in [7, 11) is 0.201. The number of hydrogen-bond donors (Lipinski definition) is 5. The Kier molecular flexibility index (Phi) is 12.6. The molecule has 0 radical (unpaired) electrons. The van der Waals surface area contributed by atoms with Crippen molar-refractivity contribution in [2.75, 3.05) is 13.7 Å². The maximum absolute atomic E-state index is 12.8. The van der Waals surface area contributed by atoms with Crippen LogP contribution in [0.2, 0.25) is 0 Å². The van der Waals surface area contributed by atoms with Crippen LogP contribution in [0.1, 0.15) is 60.8 Å². The summed E-state index contributed by atoms with van der Waals surface area (Å²) >= 11 is 0. The maximum Gasteiger partial charge on any atom is 0.477 e. The lowest BCUT2D eigenvalue weighted by Gasteiger charge is -2.27. The van der Waals surface area contributed by atoms with E-state index in [9.17, 15) is 19.4 Å². The van der Waals surface area contributed by atoms with Crippen LogP contribution in [0, 0.1) is 5.92 Å². The van der Waals surface area contributed by atoms with Crippen LogP contribution in [0.4, 0.5) is 4.79 Å². The van der Waals surface area contributed by atoms with Crippen molar-refractivity contribution in [1.29, 1.82) is 0 Å². The zero-order valence-electron chi connectivity index (χ0n) is 19.4. The lowest BCUT2D eigenvalue weighted by Crippen LogP contribution is -2.58. The van der Waals surface area contributed by atoms with Crippen molar-refractivity contribution < 1.29 is 34.5 Å². The number of carbonyl (C=O) groups is 3. The Morgan fingerprint density at radius 3 is 2.10 bits per heavy atom. The topological polar surface area (TPSA) is 154 Å². The molecule has 0 aromatic heterocycles. The average molecular weight is 431 g/mol. The molecule has 11 heteroatoms. The SMILES string of the molecule is COB(O)[C@H](CCCC[NH3+])NC(=O)[C@@H](NC(=O)[C@H](C)NC(=O)OC(C)(C)C)C(C)C. The highest BCUT2D eigenvalue weighted by Gasteiger charge is 2.32. The minimum atomic E-state index is -1.16. The molecule has 174 valence electrons. The number of ether oxygens (including phenoxy) is 1. The number of unbranched alkanes of at least 4 members (excludes halogenated alkanes) is 1. The molecule has 0 aliphatic rings. The highest BCUT2D eigenvalue weighted by Crippen LogP contribution is 2.09. The van der Waals surface area contributed by atoms with Gasteiger partial charge in [0.2, 0.25) is 11.8 Å². The van der Waals surface area contributed by atoms with Crippen molar-refractivity contribution in [3.8, 4) is 0 Å². The second kappa shape index (κ2) is 13.5. The molecule has 0 aromatic carbocycles. The van der Waals surface area contributed by atoms with Crippen molar-refractivity contribution in [2.24, 2.45) is 5.92 Å². The molecule has 3 atom stereocenters. The van der Waals surface area contributed by atoms with E-state index in [2.05, 4.69) is 21.7 Å². The molecule has 0 spiro atoms. The number of hydrogen-bond acceptors (Lipinski definition) is 6. The predicted molar refractivity (Wildman–Crippen MR) is 114 cm³/mol. The molecule has 0 aliphatic carbocycles. The summed E-state index contributed by atoms with van der Waals surface area (Å²) in [6, 6.07) is -1.74. The van der Waals surface area contributed by atoms with Gasteiger partial charge in [-0.2, -0.15) is 0 Å². The van der Waals surface area contributed by atoms with Crippen molar-refractivity contribution in [3.05, 3.63) is 0 Å². The van der Waals surface area contributed by atoms with Crippen molar-refractivity contribution >= 4 is 25.0 Å². The van der Waals surface area contributed by atoms with Gasteiger partial charge in [-0.3, -0.25) is 9.59 Å². The van der Waals surface area contributed by atoms with Gasteiger partial charge in [-0.1, -0.05) is 13.8 Å². The number of rotatable bonds is 12. The third kappa shape index (κ3) is 11.4. The Labute approximate surface area is 180 Å². The van der Waals surface area contributed by atoms with Crippen LogP contribution in [0.3, 0.4) is 0 Å². The van der Waals surface area contributed by atoms with Gasteiger partial charge in [-0.15, -0.1) is 0 Å². The van der Waals surface area contributed by atoms with Crippen LogP contribution in [0.5, 0.6) is 0 Å². The summed E-state index contributed by atoms with van der Waals surface area (Å²) in [5.74, 6) is -1.78. The second-order valence-corrected chi connectivity index (χ2v) is 8.69. The molecule has 0 saturated heterocycles. The summed E-state index contributed by atoms with van der Waals surface area (Å²) in [5.41, 5.74) is 3.09. The number of quaternary nitrogens is 1. The summed E-state index contributed by atoms with van der Waals surface area (Å²) in [5, 5.41) is 17.9. The summed E-state index contributed by atoms with van der Waals surface area (Å²) in [6.07, 6.45) is 1.43. The van der Waals surface area contributed by atoms with Gasteiger partial charge in [0.15, 0.2) is 0 Å². The minimum absolute atomic E-state index is 0.220. The number of nitrogens with one attached hydrogen (secondary N) is 3. The third-order valence-electron chi connectivity index (χ3n) is 4.30. The Morgan fingerprint density at radius 2 is 1.63 bits per heavy atom. The van der Waals surface area contributed by atoms with Gasteiger partial charge >= 0.3 is 13.2 Å². The molecule has 7 N–H and O–H groups in total. The molecule has 0 rings (SSSR count). The molecule has 0 aromatic rings. The molecule has 0 saturated carbocycles. The number of carbonyl (C=O) groups excluding carboxylic acids is 3. The Hall–Kier alpha value is -1.85. The Balaban J connectivity index is 5.01. The molecule has 0 bridgehead atoms. The smallest absolute Gasteiger partial charge is 0.444 e. The van der Waals surface area contributed by atoms with Gasteiger partial charge in [0.1, 0.15) is 17.7 Å². The average Bonchev–Trinajstić information content (AvgIpc) is 2.62. The lowest BCUT2D eigenvalue weighted by atomic mass is 9.75. The number of amides is 3. The van der Waals surface area contributed by atoms with Gasteiger partial charge in [0.25, 0.3) is 0 Å². The van der Waals surface area contributed by atoms with Crippen molar-refractivity contribution in [3.63, 3.8) is 0 Å². The normalized spacial score (nSPS) is 14.5. The fraction of sp³-hybridized carbons (Fsp3) is 0.842. The quantitative estimate of drug-likeness (QED) is 0.209. The molecule has 30 heavy (non-hydrogen) atoms. The van der Waals surface area contributed by atoms with E-state index in [1.807, 2.05) is 0 Å². The van der Waals surface area contributed by atoms with Gasteiger partial charge in [0.05, 0.1) is 12.5 Å². The van der Waals surface area contributed by atoms with Crippen LogP contribution in [-0.2, 0) is 19.0 Å². The van der Waals surface area contributed by atoms with E-state index in [4.69, 9.17) is 9.39 Å². The predicted octanol–water partition coefficient (Wildman–Crippen LogP) is -0.396. The van der Waals surface area contributed by atoms with Gasteiger partial charge in [-0.05, 0) is 52.9 Å². The van der Waals surface area contributed by atoms with Crippen LogP contribution >= 0.6 is 0 Å². The van der Waals surface area contributed by atoms with E-state index < -0.39 is 48.7 Å². The first-order valence-electron chi connectivity index (χ1n) is 10.4. The summed E-state index contributed by atoms with van der Waals surface area (Å²) in [6.45, 7) is 11.0. The van der Waals surface area contributed by atoms with Crippen LogP contribution in [-0.4, -0.2) is 67.3 Å². The van der Waals surface area contributed by atoms with Crippen LogP contribution in [0.15, 0.2) is 0 Å². The highest BCUT2D eigenvalue weighted by molar-refractivity contribution is 6.45. The molecule has 0 unspecified atom stereocenters. The van der Waals surface area contributed by atoms with Crippen molar-refractivity contribution in [1.82, 2.24) is 16.0 Å². The zero-order valence-corrected chi connectivity index (χ0v) is 19.4. The van der Waals surface area contributed by atoms with E-state index in [1.165, 1.54) is 14.0 Å². The third-order valence-corrected chi connectivity index (χ3v) is 4.30. The molecule has 0 heterocycles. The largest absolute Gasteiger partial charge is 0.477 e. The van der Waals surface area contributed by atoms with Crippen LogP contribution in [0.25, 0.3) is 0 Å². The van der Waals surface area contributed by atoms with Gasteiger partial charge in [0, 0.05) is 7.11 Å². The van der Waals surface area contributed by atoms with E-state index in [0.29, 0.717) is 6.42 Å². The van der Waals surface area contributed by atoms with E-state index >= 15 is 0 Å². The first-order chi connectivity index (χ1) is 13.8. The van der Waals surface area contributed by atoms with Gasteiger partial charge < -0.3 is 36.1 Å². The Bertz CT molecular complexity index is 556. The Morgan fingerprint density at radius 1 is 1.03 bits per heavy atom. The molecule has 0 aliphatic heterocycles. The fourth-order valence-corrected chi connectivity index (χ4v) is 2.63. The molecular formula is C19H40BN4O6+. The van der Waals surface area contributed by atoms with E-state index in [0.717, 1.165) is 19.4 Å². The molecule has 0 fully saturated rings. The van der Waals surface area contributed by atoms with Crippen LogP contribution < -0.4 is 21.7 Å². The maximum atomic E-state index is 12.8. The fourth-order valence-electron chi connectivity index (χ4n) is 2.63. The monoisotopic (exact) mass is 431 g/mol. The van der Waals surface area contributed by atoms with E-state index in [1.54, 1.807) is 34.6 Å².